The van der Waals surface area contributed by atoms with Gasteiger partial charge in [-0.25, -0.2) is 4.79 Å². The highest BCUT2D eigenvalue weighted by Gasteiger charge is 2.20. The number of benzene rings is 1. The number of nitrogens with zero attached hydrogens (tertiary/aromatic N) is 3. The van der Waals surface area contributed by atoms with Crippen LogP contribution < -0.4 is 0 Å². The van der Waals surface area contributed by atoms with Crippen LogP contribution in [0.5, 0.6) is 0 Å². The van der Waals surface area contributed by atoms with Gasteiger partial charge in [-0.3, -0.25) is 0 Å². The van der Waals surface area contributed by atoms with Gasteiger partial charge in [0.25, 0.3) is 16.1 Å². The first-order valence-electron chi connectivity index (χ1n) is 4.35. The van der Waals surface area contributed by atoms with Crippen LogP contribution >= 0.6 is 0 Å². The molecule has 0 amide bonds. The Morgan fingerprint density at radius 3 is 2.71 bits per heavy atom. The molecule has 0 aliphatic carbocycles. The van der Waals surface area contributed by atoms with Gasteiger partial charge < -0.3 is 4.42 Å². The van der Waals surface area contributed by atoms with Gasteiger partial charge in [-0.05, 0) is 12.1 Å². The van der Waals surface area contributed by atoms with Crippen molar-refractivity contribution in [2.45, 2.75) is 4.90 Å². The molecule has 0 aliphatic rings. The molecule has 0 saturated heterocycles. The average molecular weight is 251 g/mol. The molecule has 7 nitrogen and oxygen atoms in total. The fourth-order valence-electron chi connectivity index (χ4n) is 1.26. The summed E-state index contributed by atoms with van der Waals surface area (Å²) in [6, 6.07) is 5.85. The van der Waals surface area contributed by atoms with Gasteiger partial charge >= 0.3 is 0 Å². The van der Waals surface area contributed by atoms with Crippen LogP contribution in [0.3, 0.4) is 0 Å². The summed E-state index contributed by atoms with van der Waals surface area (Å²) in [5, 5.41) is 7.05. The van der Waals surface area contributed by atoms with Crippen LogP contribution in [0.1, 0.15) is 0 Å². The summed E-state index contributed by atoms with van der Waals surface area (Å²) in [5.41, 5.74) is 0.184. The minimum Gasteiger partial charge on any atom is -0.423 e. The van der Waals surface area contributed by atoms with Crippen molar-refractivity contribution in [3.63, 3.8) is 0 Å². The number of hydrogen-bond donors (Lipinski definition) is 0. The lowest BCUT2D eigenvalue weighted by atomic mass is 10.2. The van der Waals surface area contributed by atoms with Crippen LogP contribution in [0.15, 0.2) is 44.4 Å². The highest BCUT2D eigenvalue weighted by molar-refractivity contribution is 7.90. The molecule has 1 aromatic carbocycles. The normalized spacial score (nSPS) is 10.8. The van der Waals surface area contributed by atoms with Gasteiger partial charge in [-0.1, -0.05) is 16.5 Å². The van der Waals surface area contributed by atoms with Crippen molar-refractivity contribution in [1.82, 2.24) is 10.2 Å². The van der Waals surface area contributed by atoms with Crippen LogP contribution in [0.4, 0.5) is 0 Å². The fourth-order valence-corrected chi connectivity index (χ4v) is 2.14. The van der Waals surface area contributed by atoms with E-state index in [9.17, 15) is 13.2 Å². The molecule has 0 bridgehead atoms. The minimum atomic E-state index is -4.09. The highest BCUT2D eigenvalue weighted by Crippen LogP contribution is 2.26. The van der Waals surface area contributed by atoms with E-state index in [0.29, 0.717) is 0 Å². The standard InChI is InChI=1S/C9H5N3O4S/c13-5-11-17(14,15)8-4-2-1-3-7(8)9-12-10-6-16-9/h1-4,6H. The summed E-state index contributed by atoms with van der Waals surface area (Å²) in [6.07, 6.45) is 2.07. The van der Waals surface area contributed by atoms with Gasteiger partial charge in [0.1, 0.15) is 4.90 Å². The second-order valence-corrected chi connectivity index (χ2v) is 4.47. The van der Waals surface area contributed by atoms with E-state index >= 15 is 0 Å². The summed E-state index contributed by atoms with van der Waals surface area (Å²) in [4.78, 5) is 9.88. The molecule has 1 heterocycles. The monoisotopic (exact) mass is 251 g/mol. The van der Waals surface area contributed by atoms with E-state index in [1.165, 1.54) is 18.2 Å². The Bertz CT molecular complexity index is 672. The summed E-state index contributed by atoms with van der Waals surface area (Å²) in [5.74, 6) is 0.0327. The van der Waals surface area contributed by atoms with Crippen LogP contribution in [0.2, 0.25) is 0 Å². The minimum absolute atomic E-state index is 0.0327. The van der Waals surface area contributed by atoms with Crippen molar-refractivity contribution in [3.8, 4) is 11.5 Å². The van der Waals surface area contributed by atoms with Gasteiger partial charge in [0.05, 0.1) is 5.56 Å². The molecule has 1 aromatic heterocycles. The fraction of sp³-hybridized carbons (Fsp3) is 0. The Balaban J connectivity index is 2.68. The molecule has 0 fully saturated rings. The number of hydrogen-bond acceptors (Lipinski definition) is 6. The number of aromatic nitrogens is 2. The Hall–Kier alpha value is -2.31. The first-order chi connectivity index (χ1) is 8.15. The smallest absolute Gasteiger partial charge is 0.293 e. The highest BCUT2D eigenvalue weighted by atomic mass is 32.2. The first-order valence-corrected chi connectivity index (χ1v) is 5.79. The van der Waals surface area contributed by atoms with Crippen LogP contribution in [-0.4, -0.2) is 24.7 Å². The molecule has 17 heavy (non-hydrogen) atoms. The number of isocyanates is 1. The second kappa shape index (κ2) is 4.28. The SMILES string of the molecule is O=C=NS(=O)(=O)c1ccccc1-c1nnco1. The maximum absolute atomic E-state index is 11.6. The molecule has 0 aliphatic heterocycles. The van der Waals surface area contributed by atoms with Crippen LogP contribution in [0, 0.1) is 0 Å². The molecule has 2 rings (SSSR count). The van der Waals surface area contributed by atoms with Gasteiger partial charge in [0.2, 0.25) is 12.3 Å². The number of rotatable bonds is 3. The molecule has 0 atom stereocenters. The molecule has 0 N–H and O–H groups in total. The topological polar surface area (TPSA) is 102 Å². The van der Waals surface area contributed by atoms with Gasteiger partial charge in [-0.15, -0.1) is 10.2 Å². The van der Waals surface area contributed by atoms with Crippen LogP contribution in [-0.2, 0) is 14.8 Å². The predicted molar refractivity (Wildman–Crippen MR) is 55.0 cm³/mol. The molecule has 86 valence electrons. The molecule has 8 heteroatoms. The molecule has 0 saturated carbocycles. The Labute approximate surface area is 95.9 Å². The zero-order valence-corrected chi connectivity index (χ0v) is 9.09. The third-order valence-corrected chi connectivity index (χ3v) is 3.14. The van der Waals surface area contributed by atoms with Gasteiger partial charge in [0, 0.05) is 0 Å². The van der Waals surface area contributed by atoms with E-state index in [0.717, 1.165) is 12.5 Å². The largest absolute Gasteiger partial charge is 0.423 e. The first kappa shape index (κ1) is 11.2. The lowest BCUT2D eigenvalue weighted by Gasteiger charge is -2.01. The van der Waals surface area contributed by atoms with E-state index in [4.69, 9.17) is 4.42 Å². The number of sulfonamides is 1. The third-order valence-electron chi connectivity index (χ3n) is 1.91. The summed E-state index contributed by atoms with van der Waals surface area (Å²) >= 11 is 0. The zero-order chi connectivity index (χ0) is 12.3. The Morgan fingerprint density at radius 2 is 2.06 bits per heavy atom. The van der Waals surface area contributed by atoms with E-state index in [-0.39, 0.29) is 16.3 Å². The summed E-state index contributed by atoms with van der Waals surface area (Å²) < 4.78 is 30.9. The van der Waals surface area contributed by atoms with Crippen molar-refractivity contribution in [1.29, 1.82) is 0 Å². The van der Waals surface area contributed by atoms with E-state index in [1.807, 2.05) is 0 Å². The van der Waals surface area contributed by atoms with Gasteiger partial charge in [-0.2, -0.15) is 8.42 Å². The van der Waals surface area contributed by atoms with Gasteiger partial charge in [0.15, 0.2) is 0 Å². The van der Waals surface area contributed by atoms with Crippen molar-refractivity contribution < 1.29 is 17.6 Å². The lowest BCUT2D eigenvalue weighted by Crippen LogP contribution is -1.99. The second-order valence-electron chi connectivity index (χ2n) is 2.90. The van der Waals surface area contributed by atoms with Crippen molar-refractivity contribution in [2.75, 3.05) is 0 Å². The summed E-state index contributed by atoms with van der Waals surface area (Å²) in [6.45, 7) is 0. The van der Waals surface area contributed by atoms with E-state index in [2.05, 4.69) is 14.6 Å². The molecule has 2 aromatic rings. The quantitative estimate of drug-likeness (QED) is 0.589. The molecule has 0 spiro atoms. The maximum atomic E-state index is 11.6. The molecular formula is C9H5N3O4S. The Kier molecular flexibility index (Phi) is 2.82. The summed E-state index contributed by atoms with van der Waals surface area (Å²) in [7, 11) is -4.09. The van der Waals surface area contributed by atoms with Crippen LogP contribution in [0.25, 0.3) is 11.5 Å². The van der Waals surface area contributed by atoms with E-state index in [1.54, 1.807) is 6.07 Å². The molecular weight excluding hydrogens is 246 g/mol. The van der Waals surface area contributed by atoms with E-state index < -0.39 is 10.0 Å². The lowest BCUT2D eigenvalue weighted by molar-refractivity contribution is 0.561. The maximum Gasteiger partial charge on any atom is 0.293 e. The molecule has 0 unspecified atom stereocenters. The third kappa shape index (κ3) is 2.12. The van der Waals surface area contributed by atoms with Crippen molar-refractivity contribution in [2.24, 2.45) is 4.40 Å². The Morgan fingerprint density at radius 1 is 1.29 bits per heavy atom. The number of carbonyl (C=O) groups excluding carboxylic acids is 1. The van der Waals surface area contributed by atoms with Crippen molar-refractivity contribution in [3.05, 3.63) is 30.7 Å². The average Bonchev–Trinajstić information content (AvgIpc) is 2.82. The van der Waals surface area contributed by atoms with Crippen molar-refractivity contribution >= 4 is 16.1 Å². The zero-order valence-electron chi connectivity index (χ0n) is 8.27. The molecule has 0 radical (unpaired) electrons. The predicted octanol–water partition coefficient (Wildman–Crippen LogP) is 0.761.